The summed E-state index contributed by atoms with van der Waals surface area (Å²) >= 11 is 5.75. The zero-order valence-electron chi connectivity index (χ0n) is 10.4. The van der Waals surface area contributed by atoms with Gasteiger partial charge in [0.1, 0.15) is 5.82 Å². The van der Waals surface area contributed by atoms with Gasteiger partial charge in [0, 0.05) is 11.6 Å². The lowest BCUT2D eigenvalue weighted by atomic mass is 10.1. The molecule has 0 spiro atoms. The number of rotatable bonds is 3. The predicted molar refractivity (Wildman–Crippen MR) is 71.7 cm³/mol. The molecule has 0 bridgehead atoms. The summed E-state index contributed by atoms with van der Waals surface area (Å²) in [7, 11) is 0. The molecule has 1 amide bonds. The molecule has 104 valence electrons. The maximum atomic E-state index is 13.4. The summed E-state index contributed by atoms with van der Waals surface area (Å²) in [4.78, 5) is 13.7. The van der Waals surface area contributed by atoms with Gasteiger partial charge in [-0.05, 0) is 37.6 Å². The van der Waals surface area contributed by atoms with Crippen LogP contribution in [0, 0.1) is 5.82 Å². The van der Waals surface area contributed by atoms with E-state index in [0.717, 1.165) is 19.4 Å². The van der Waals surface area contributed by atoms with E-state index in [1.165, 1.54) is 18.2 Å². The fourth-order valence-electron chi connectivity index (χ4n) is 2.16. The summed E-state index contributed by atoms with van der Waals surface area (Å²) in [6, 6.07) is 4.01. The quantitative estimate of drug-likeness (QED) is 0.892. The first kappa shape index (κ1) is 14.2. The van der Waals surface area contributed by atoms with Crippen LogP contribution in [-0.2, 0) is 4.79 Å². The number of likely N-dealkylation sites (tertiary alicyclic amines) is 1. The third kappa shape index (κ3) is 4.16. The molecule has 1 saturated heterocycles. The average Bonchev–Trinajstić information content (AvgIpc) is 2.34. The summed E-state index contributed by atoms with van der Waals surface area (Å²) in [6.07, 6.45) is 1.24. The number of nitrogens with zero attached hydrogens (tertiary/aromatic N) is 1. The van der Waals surface area contributed by atoms with Crippen LogP contribution in [0.25, 0.3) is 0 Å². The summed E-state index contributed by atoms with van der Waals surface area (Å²) < 4.78 is 13.4. The van der Waals surface area contributed by atoms with E-state index in [-0.39, 0.29) is 24.2 Å². The van der Waals surface area contributed by atoms with E-state index >= 15 is 0 Å². The second kappa shape index (κ2) is 6.32. The van der Waals surface area contributed by atoms with Gasteiger partial charge in [-0.25, -0.2) is 4.39 Å². The van der Waals surface area contributed by atoms with E-state index in [0.29, 0.717) is 11.6 Å². The Bertz CT molecular complexity index is 470. The monoisotopic (exact) mass is 286 g/mol. The molecule has 0 radical (unpaired) electrons. The molecule has 1 aromatic rings. The molecule has 19 heavy (non-hydrogen) atoms. The molecule has 1 fully saturated rings. The number of benzene rings is 1. The van der Waals surface area contributed by atoms with Crippen LogP contribution in [0.15, 0.2) is 18.2 Å². The van der Waals surface area contributed by atoms with Crippen LogP contribution in [0.5, 0.6) is 0 Å². The SMILES string of the molecule is O=C(CN1CCCC(O)C1)Nc1cc(Cl)ccc1F. The molecule has 1 aromatic carbocycles. The number of β-amino-alcohol motifs (C(OH)–C–C–N with tert-alkyl or cyclic N) is 1. The second-order valence-corrected chi connectivity index (χ2v) is 5.14. The fraction of sp³-hybridized carbons (Fsp3) is 0.462. The highest BCUT2D eigenvalue weighted by Gasteiger charge is 2.20. The molecule has 1 aliphatic rings. The molecular formula is C13H16ClFN2O2. The van der Waals surface area contributed by atoms with Gasteiger partial charge in [0.25, 0.3) is 0 Å². The van der Waals surface area contributed by atoms with E-state index in [1.807, 2.05) is 4.90 Å². The van der Waals surface area contributed by atoms with Crippen molar-refractivity contribution in [1.29, 1.82) is 0 Å². The second-order valence-electron chi connectivity index (χ2n) is 4.70. The molecule has 2 rings (SSSR count). The first-order valence-corrected chi connectivity index (χ1v) is 6.58. The Hall–Kier alpha value is -1.17. The first-order valence-electron chi connectivity index (χ1n) is 6.20. The van der Waals surface area contributed by atoms with Crippen LogP contribution in [0.1, 0.15) is 12.8 Å². The normalized spacial score (nSPS) is 20.3. The molecular weight excluding hydrogens is 271 g/mol. The maximum absolute atomic E-state index is 13.4. The average molecular weight is 287 g/mol. The van der Waals surface area contributed by atoms with Crippen molar-refractivity contribution >= 4 is 23.2 Å². The van der Waals surface area contributed by atoms with Crippen molar-refractivity contribution in [1.82, 2.24) is 4.90 Å². The van der Waals surface area contributed by atoms with Crippen LogP contribution in [0.2, 0.25) is 5.02 Å². The molecule has 1 aliphatic heterocycles. The third-order valence-corrected chi connectivity index (χ3v) is 3.29. The number of piperidine rings is 1. The van der Waals surface area contributed by atoms with Crippen molar-refractivity contribution in [3.63, 3.8) is 0 Å². The number of carbonyl (C=O) groups is 1. The lowest BCUT2D eigenvalue weighted by Gasteiger charge is -2.29. The third-order valence-electron chi connectivity index (χ3n) is 3.05. The number of anilines is 1. The lowest BCUT2D eigenvalue weighted by Crippen LogP contribution is -2.42. The zero-order valence-corrected chi connectivity index (χ0v) is 11.2. The smallest absolute Gasteiger partial charge is 0.238 e. The molecule has 1 atom stereocenters. The van der Waals surface area contributed by atoms with Gasteiger partial charge in [0.15, 0.2) is 0 Å². The Balaban J connectivity index is 1.92. The molecule has 4 nitrogen and oxygen atoms in total. The summed E-state index contributed by atoms with van der Waals surface area (Å²) in [5.41, 5.74) is 0.0788. The highest BCUT2D eigenvalue weighted by atomic mass is 35.5. The van der Waals surface area contributed by atoms with Gasteiger partial charge in [-0.1, -0.05) is 11.6 Å². The number of carbonyl (C=O) groups excluding carboxylic acids is 1. The Labute approximate surface area is 116 Å². The standard InChI is InChI=1S/C13H16ClFN2O2/c14-9-3-4-11(15)12(6-9)16-13(19)8-17-5-1-2-10(18)7-17/h3-4,6,10,18H,1-2,5,7-8H2,(H,16,19). The van der Waals surface area contributed by atoms with Crippen LogP contribution >= 0.6 is 11.6 Å². The first-order chi connectivity index (χ1) is 9.04. The number of amides is 1. The van der Waals surface area contributed by atoms with Gasteiger partial charge < -0.3 is 10.4 Å². The van der Waals surface area contributed by atoms with Gasteiger partial charge in [0.2, 0.25) is 5.91 Å². The van der Waals surface area contributed by atoms with Crippen molar-refractivity contribution in [2.75, 3.05) is 25.0 Å². The predicted octanol–water partition coefficient (Wildman–Crippen LogP) is 1.87. The Morgan fingerprint density at radius 3 is 3.11 bits per heavy atom. The van der Waals surface area contributed by atoms with Crippen LogP contribution in [0.3, 0.4) is 0 Å². The van der Waals surface area contributed by atoms with Gasteiger partial charge >= 0.3 is 0 Å². The minimum Gasteiger partial charge on any atom is -0.392 e. The number of nitrogens with one attached hydrogen (secondary N) is 1. The fourth-order valence-corrected chi connectivity index (χ4v) is 2.33. The van der Waals surface area contributed by atoms with Gasteiger partial charge in [-0.15, -0.1) is 0 Å². The molecule has 0 saturated carbocycles. The van der Waals surface area contributed by atoms with Gasteiger partial charge in [0.05, 0.1) is 18.3 Å². The van der Waals surface area contributed by atoms with E-state index in [9.17, 15) is 14.3 Å². The highest BCUT2D eigenvalue weighted by Crippen LogP contribution is 2.19. The van der Waals surface area contributed by atoms with Gasteiger partial charge in [-0.2, -0.15) is 0 Å². The van der Waals surface area contributed by atoms with Crippen LogP contribution in [-0.4, -0.2) is 41.7 Å². The van der Waals surface area contributed by atoms with Gasteiger partial charge in [-0.3, -0.25) is 9.69 Å². The Morgan fingerprint density at radius 1 is 1.58 bits per heavy atom. The van der Waals surface area contributed by atoms with E-state index in [4.69, 9.17) is 11.6 Å². The molecule has 2 N–H and O–H groups in total. The Kier molecular flexibility index (Phi) is 4.74. The van der Waals surface area contributed by atoms with E-state index in [1.54, 1.807) is 0 Å². The minimum absolute atomic E-state index is 0.0788. The maximum Gasteiger partial charge on any atom is 0.238 e. The number of aliphatic hydroxyl groups excluding tert-OH is 1. The number of hydrogen-bond acceptors (Lipinski definition) is 3. The largest absolute Gasteiger partial charge is 0.392 e. The van der Waals surface area contributed by atoms with E-state index in [2.05, 4.69) is 5.32 Å². The highest BCUT2D eigenvalue weighted by molar-refractivity contribution is 6.30. The van der Waals surface area contributed by atoms with Crippen LogP contribution < -0.4 is 5.32 Å². The summed E-state index contributed by atoms with van der Waals surface area (Å²) in [6.45, 7) is 1.39. The van der Waals surface area contributed by atoms with Crippen molar-refractivity contribution in [3.8, 4) is 0 Å². The number of hydrogen-bond donors (Lipinski definition) is 2. The van der Waals surface area contributed by atoms with E-state index < -0.39 is 5.82 Å². The zero-order chi connectivity index (χ0) is 13.8. The Morgan fingerprint density at radius 2 is 2.37 bits per heavy atom. The van der Waals surface area contributed by atoms with Crippen molar-refractivity contribution in [3.05, 3.63) is 29.0 Å². The van der Waals surface area contributed by atoms with Crippen molar-refractivity contribution < 1.29 is 14.3 Å². The minimum atomic E-state index is -0.517. The topological polar surface area (TPSA) is 52.6 Å². The summed E-state index contributed by atoms with van der Waals surface area (Å²) in [5, 5.41) is 12.4. The lowest BCUT2D eigenvalue weighted by molar-refractivity contribution is -0.118. The molecule has 1 unspecified atom stereocenters. The molecule has 0 aliphatic carbocycles. The summed E-state index contributed by atoms with van der Waals surface area (Å²) in [5.74, 6) is -0.827. The van der Waals surface area contributed by atoms with Crippen molar-refractivity contribution in [2.24, 2.45) is 0 Å². The van der Waals surface area contributed by atoms with Crippen LogP contribution in [0.4, 0.5) is 10.1 Å². The molecule has 6 heteroatoms. The number of aliphatic hydroxyl groups is 1. The number of halogens is 2. The van der Waals surface area contributed by atoms with Crippen molar-refractivity contribution in [2.45, 2.75) is 18.9 Å². The molecule has 1 heterocycles. The molecule has 0 aromatic heterocycles.